The molecule has 0 heterocycles. The molecular weight excluding hydrogens is 959 g/mol. The Bertz CT molecular complexity index is 1220. The van der Waals surface area contributed by atoms with Crippen LogP contribution in [0.1, 0.15) is 399 Å². The van der Waals surface area contributed by atoms with Gasteiger partial charge in [0.1, 0.15) is 0 Å². The Balaban J connectivity index is 3.40. The largest absolute Gasteiger partial charge is 0.466 e. The summed E-state index contributed by atoms with van der Waals surface area (Å²) in [6, 6.07) is -0.629. The number of aliphatic hydroxyl groups excluding tert-OH is 2. The average molecular weight is 1100 g/mol. The predicted molar refractivity (Wildman–Crippen MR) is 343 cm³/mol. The summed E-state index contributed by atoms with van der Waals surface area (Å²) in [6.07, 6.45) is 85.4. The number of aliphatic hydroxyl groups is 2. The van der Waals surface area contributed by atoms with E-state index in [4.69, 9.17) is 4.74 Å². The number of rotatable bonds is 67. The van der Waals surface area contributed by atoms with Gasteiger partial charge in [0.2, 0.25) is 5.91 Å². The third kappa shape index (κ3) is 63.5. The van der Waals surface area contributed by atoms with Crippen LogP contribution in [0.25, 0.3) is 0 Å². The number of unbranched alkanes of at least 4 members (excludes halogenated alkanes) is 54. The van der Waals surface area contributed by atoms with Crippen molar-refractivity contribution in [2.24, 2.45) is 0 Å². The molecule has 0 aliphatic rings. The molecule has 6 heteroatoms. The maximum Gasteiger partial charge on any atom is 0.305 e. The minimum Gasteiger partial charge on any atom is -0.466 e. The quantitative estimate of drug-likeness (QED) is 0.0320. The first kappa shape index (κ1) is 76.3. The van der Waals surface area contributed by atoms with E-state index in [0.717, 1.165) is 44.9 Å². The smallest absolute Gasteiger partial charge is 0.305 e. The third-order valence-corrected chi connectivity index (χ3v) is 16.7. The first-order valence-corrected chi connectivity index (χ1v) is 35.6. The first-order valence-electron chi connectivity index (χ1n) is 35.6. The Morgan fingerprint density at radius 1 is 0.346 bits per heavy atom. The lowest BCUT2D eigenvalue weighted by molar-refractivity contribution is -0.143. The van der Waals surface area contributed by atoms with Gasteiger partial charge in [0.25, 0.3) is 0 Å². The number of hydrogen-bond donors (Lipinski definition) is 3. The van der Waals surface area contributed by atoms with Crippen molar-refractivity contribution >= 4 is 11.9 Å². The van der Waals surface area contributed by atoms with Crippen molar-refractivity contribution in [3.8, 4) is 0 Å². The number of esters is 1. The monoisotopic (exact) mass is 1100 g/mol. The highest BCUT2D eigenvalue weighted by molar-refractivity contribution is 5.76. The molecule has 2 unspecified atom stereocenters. The van der Waals surface area contributed by atoms with Crippen molar-refractivity contribution < 1.29 is 24.5 Å². The summed E-state index contributed by atoms with van der Waals surface area (Å²) >= 11 is 0. The van der Waals surface area contributed by atoms with Crippen molar-refractivity contribution in [1.82, 2.24) is 5.32 Å². The highest BCUT2D eigenvalue weighted by Crippen LogP contribution is 2.19. The van der Waals surface area contributed by atoms with Crippen LogP contribution in [-0.4, -0.2) is 47.4 Å². The molecule has 6 nitrogen and oxygen atoms in total. The zero-order chi connectivity index (χ0) is 56.4. The number of amides is 1. The zero-order valence-corrected chi connectivity index (χ0v) is 52.9. The molecule has 78 heavy (non-hydrogen) atoms. The van der Waals surface area contributed by atoms with Crippen LogP contribution in [0.2, 0.25) is 0 Å². The Hall–Kier alpha value is -1.66. The number of carbonyl (C=O) groups excluding carboxylic acids is 2. The molecule has 3 N–H and O–H groups in total. The summed E-state index contributed by atoms with van der Waals surface area (Å²) in [7, 11) is 0. The Kier molecular flexibility index (Phi) is 66.4. The van der Waals surface area contributed by atoms with Crippen molar-refractivity contribution in [2.75, 3.05) is 13.2 Å². The summed E-state index contributed by atoms with van der Waals surface area (Å²) in [6.45, 7) is 4.94. The fraction of sp³-hybridized carbons (Fsp3) is 0.917. The van der Waals surface area contributed by atoms with Gasteiger partial charge in [-0.05, 0) is 57.8 Å². The standard InChI is InChI=1S/C72H139NO5/c1-3-5-7-9-11-13-15-17-19-21-22-23-26-29-33-36-40-44-48-52-56-60-64-70(75)69(68-74)73-71(76)65-61-57-53-49-45-41-37-34-30-27-24-25-28-31-35-39-43-47-51-55-59-63-67-78-72(77)66-62-58-54-50-46-42-38-32-20-18-16-14-12-10-8-6-4-2/h18,20,60,64,69-70,74-75H,3-17,19,21-59,61-63,65-68H2,1-2H3,(H,73,76)/b20-18-,64-60+. The fourth-order valence-electron chi connectivity index (χ4n) is 11.3. The van der Waals surface area contributed by atoms with Crippen molar-refractivity contribution in [1.29, 1.82) is 0 Å². The zero-order valence-electron chi connectivity index (χ0n) is 52.9. The molecule has 0 saturated heterocycles. The van der Waals surface area contributed by atoms with E-state index in [1.165, 1.54) is 327 Å². The van der Waals surface area contributed by atoms with Crippen molar-refractivity contribution in [3.63, 3.8) is 0 Å². The van der Waals surface area contributed by atoms with Gasteiger partial charge in [-0.15, -0.1) is 0 Å². The van der Waals surface area contributed by atoms with E-state index < -0.39 is 12.1 Å². The summed E-state index contributed by atoms with van der Waals surface area (Å²) in [5.41, 5.74) is 0. The second kappa shape index (κ2) is 67.8. The minimum absolute atomic E-state index is 0.0103. The van der Waals surface area contributed by atoms with Gasteiger partial charge in [-0.2, -0.15) is 0 Å². The van der Waals surface area contributed by atoms with E-state index >= 15 is 0 Å². The fourth-order valence-corrected chi connectivity index (χ4v) is 11.3. The van der Waals surface area contributed by atoms with Crippen LogP contribution in [0.5, 0.6) is 0 Å². The van der Waals surface area contributed by atoms with Crippen LogP contribution < -0.4 is 5.32 Å². The highest BCUT2D eigenvalue weighted by atomic mass is 16.5. The molecule has 0 saturated carbocycles. The van der Waals surface area contributed by atoms with E-state index in [0.29, 0.717) is 19.4 Å². The SMILES string of the molecule is CCCCCCCC/C=C\CCCCCCCCCC(=O)OCCCCCCCCCCCCCCCCCCCCCCCCC(=O)NC(CO)C(O)/C=C/CCCCCCCCCCCCCCCCCCCCCC. The maximum absolute atomic E-state index is 12.5. The number of allylic oxidation sites excluding steroid dienone is 3. The first-order chi connectivity index (χ1) is 38.5. The van der Waals surface area contributed by atoms with E-state index in [2.05, 4.69) is 31.3 Å². The van der Waals surface area contributed by atoms with Crippen LogP contribution in [0.3, 0.4) is 0 Å². The predicted octanol–water partition coefficient (Wildman–Crippen LogP) is 22.9. The molecule has 0 aromatic heterocycles. The van der Waals surface area contributed by atoms with Gasteiger partial charge in [-0.1, -0.05) is 353 Å². The van der Waals surface area contributed by atoms with Gasteiger partial charge in [0.05, 0.1) is 25.4 Å². The number of carbonyl (C=O) groups is 2. The van der Waals surface area contributed by atoms with Gasteiger partial charge in [-0.25, -0.2) is 0 Å². The van der Waals surface area contributed by atoms with E-state index in [1.54, 1.807) is 6.08 Å². The highest BCUT2D eigenvalue weighted by Gasteiger charge is 2.18. The number of hydrogen-bond acceptors (Lipinski definition) is 5. The van der Waals surface area contributed by atoms with Gasteiger partial charge in [0, 0.05) is 12.8 Å². The molecule has 0 aliphatic carbocycles. The Labute approximate surface area is 488 Å². The molecule has 2 atom stereocenters. The molecule has 0 bridgehead atoms. The molecule has 0 aromatic carbocycles. The Morgan fingerprint density at radius 2 is 0.603 bits per heavy atom. The second-order valence-electron chi connectivity index (χ2n) is 24.6. The van der Waals surface area contributed by atoms with E-state index in [1.807, 2.05) is 6.08 Å². The second-order valence-corrected chi connectivity index (χ2v) is 24.6. The lowest BCUT2D eigenvalue weighted by Crippen LogP contribution is -2.45. The normalized spacial score (nSPS) is 12.6. The van der Waals surface area contributed by atoms with Crippen LogP contribution >= 0.6 is 0 Å². The molecule has 0 spiro atoms. The van der Waals surface area contributed by atoms with Crippen LogP contribution in [0.4, 0.5) is 0 Å². The molecule has 0 rings (SSSR count). The summed E-state index contributed by atoms with van der Waals surface area (Å²) in [5.74, 6) is -0.0536. The van der Waals surface area contributed by atoms with Gasteiger partial charge in [-0.3, -0.25) is 9.59 Å². The van der Waals surface area contributed by atoms with Crippen molar-refractivity contribution in [3.05, 3.63) is 24.3 Å². The lowest BCUT2D eigenvalue weighted by Gasteiger charge is -2.20. The summed E-state index contributed by atoms with van der Waals surface area (Å²) in [4.78, 5) is 24.6. The maximum atomic E-state index is 12.5. The molecule has 0 fully saturated rings. The molecule has 0 aromatic rings. The van der Waals surface area contributed by atoms with E-state index in [-0.39, 0.29) is 18.5 Å². The van der Waals surface area contributed by atoms with E-state index in [9.17, 15) is 19.8 Å². The number of ether oxygens (including phenoxy) is 1. The summed E-state index contributed by atoms with van der Waals surface area (Å²) in [5, 5.41) is 23.3. The molecule has 1 amide bonds. The molecule has 0 aliphatic heterocycles. The van der Waals surface area contributed by atoms with Gasteiger partial charge >= 0.3 is 5.97 Å². The third-order valence-electron chi connectivity index (χ3n) is 16.7. The topological polar surface area (TPSA) is 95.9 Å². The Morgan fingerprint density at radius 3 is 0.910 bits per heavy atom. The average Bonchev–Trinajstić information content (AvgIpc) is 3.44. The van der Waals surface area contributed by atoms with Crippen LogP contribution in [0.15, 0.2) is 24.3 Å². The minimum atomic E-state index is -0.846. The lowest BCUT2D eigenvalue weighted by atomic mass is 10.0. The number of nitrogens with one attached hydrogen (secondary N) is 1. The molecule has 0 radical (unpaired) electrons. The van der Waals surface area contributed by atoms with Crippen molar-refractivity contribution in [2.45, 2.75) is 411 Å². The molecule has 462 valence electrons. The summed E-state index contributed by atoms with van der Waals surface area (Å²) < 4.78 is 5.50. The van der Waals surface area contributed by atoms with Crippen LogP contribution in [0, 0.1) is 0 Å². The molecular formula is C72H139NO5. The van der Waals surface area contributed by atoms with Crippen LogP contribution in [-0.2, 0) is 14.3 Å². The van der Waals surface area contributed by atoms with Gasteiger partial charge < -0.3 is 20.3 Å². The van der Waals surface area contributed by atoms with Gasteiger partial charge in [0.15, 0.2) is 0 Å².